The lowest BCUT2D eigenvalue weighted by Gasteiger charge is -2.12. The first-order valence-electron chi connectivity index (χ1n) is 10.8. The summed E-state index contributed by atoms with van der Waals surface area (Å²) in [5, 5.41) is 10.9. The van der Waals surface area contributed by atoms with Crippen LogP contribution in [0.15, 0.2) is 59.8 Å². The second kappa shape index (κ2) is 8.22. The predicted molar refractivity (Wildman–Crippen MR) is 126 cm³/mol. The Bertz CT molecular complexity index is 1470. The third kappa shape index (κ3) is 4.29. The van der Waals surface area contributed by atoms with Gasteiger partial charge in [-0.05, 0) is 17.7 Å². The third-order valence-electron chi connectivity index (χ3n) is 5.39. The first-order valence-corrected chi connectivity index (χ1v) is 10.8. The monoisotopic (exact) mass is 456 g/mol. The lowest BCUT2D eigenvalue weighted by molar-refractivity contribution is -0.115. The van der Waals surface area contributed by atoms with Gasteiger partial charge in [0.2, 0.25) is 11.8 Å². The lowest BCUT2D eigenvalue weighted by atomic mass is 9.92. The molecule has 0 saturated heterocycles. The minimum atomic E-state index is -0.172. The van der Waals surface area contributed by atoms with E-state index in [1.54, 1.807) is 29.5 Å². The maximum Gasteiger partial charge on any atom is 0.231 e. The second-order valence-electron chi connectivity index (χ2n) is 9.14. The van der Waals surface area contributed by atoms with Crippen LogP contribution < -0.4 is 5.32 Å². The molecule has 5 rings (SSSR count). The molecule has 0 fully saturated rings. The van der Waals surface area contributed by atoms with E-state index in [1.807, 2.05) is 62.8 Å². The Morgan fingerprint density at radius 3 is 2.59 bits per heavy atom. The standard InChI is InChI=1S/C24H24N8O2/c1-24(2,3)19-10-21(34-30-19)28-20(33)9-15-5-7-17(8-6-15)32-14-26-23-18(32)12-25-22(29-23)16-11-27-31(4)13-16/h5-8,10-14H,9H2,1-4H3,(H,28,33). The van der Waals surface area contributed by atoms with Crippen molar-refractivity contribution in [1.29, 1.82) is 0 Å². The van der Waals surface area contributed by atoms with Gasteiger partial charge in [0.05, 0.1) is 30.1 Å². The molecule has 0 radical (unpaired) electrons. The van der Waals surface area contributed by atoms with E-state index in [4.69, 9.17) is 4.52 Å². The largest absolute Gasteiger partial charge is 0.338 e. The number of fused-ring (bicyclic) bond motifs is 1. The van der Waals surface area contributed by atoms with Gasteiger partial charge in [-0.25, -0.2) is 15.0 Å². The number of aryl methyl sites for hydroxylation is 1. The van der Waals surface area contributed by atoms with Gasteiger partial charge in [-0.3, -0.25) is 19.4 Å². The highest BCUT2D eigenvalue weighted by Crippen LogP contribution is 2.24. The van der Waals surface area contributed by atoms with Crippen molar-refractivity contribution in [2.45, 2.75) is 32.6 Å². The van der Waals surface area contributed by atoms with Gasteiger partial charge in [-0.15, -0.1) is 0 Å². The predicted octanol–water partition coefficient (Wildman–Crippen LogP) is 3.68. The molecule has 0 saturated carbocycles. The summed E-state index contributed by atoms with van der Waals surface area (Å²) in [6.45, 7) is 6.11. The van der Waals surface area contributed by atoms with E-state index >= 15 is 0 Å². The summed E-state index contributed by atoms with van der Waals surface area (Å²) >= 11 is 0. The van der Waals surface area contributed by atoms with Gasteiger partial charge in [0.1, 0.15) is 11.8 Å². The van der Waals surface area contributed by atoms with Crippen LogP contribution in [0.5, 0.6) is 0 Å². The Labute approximate surface area is 195 Å². The summed E-state index contributed by atoms with van der Waals surface area (Å²) in [4.78, 5) is 25.9. The number of aromatic nitrogens is 7. The number of nitrogens with zero attached hydrogens (tertiary/aromatic N) is 7. The minimum absolute atomic E-state index is 0.148. The van der Waals surface area contributed by atoms with Crippen LogP contribution in [-0.4, -0.2) is 40.4 Å². The topological polar surface area (TPSA) is 117 Å². The molecule has 10 nitrogen and oxygen atoms in total. The van der Waals surface area contributed by atoms with Crippen LogP contribution in [0, 0.1) is 0 Å². The summed E-state index contributed by atoms with van der Waals surface area (Å²) in [6.07, 6.45) is 7.26. The van der Waals surface area contributed by atoms with Crippen LogP contribution in [0.1, 0.15) is 32.0 Å². The van der Waals surface area contributed by atoms with Crippen molar-refractivity contribution >= 4 is 23.0 Å². The summed E-state index contributed by atoms with van der Waals surface area (Å²) in [6, 6.07) is 9.45. The van der Waals surface area contributed by atoms with Gasteiger partial charge in [-0.2, -0.15) is 5.10 Å². The molecule has 0 unspecified atom stereocenters. The lowest BCUT2D eigenvalue weighted by Crippen LogP contribution is -2.14. The Morgan fingerprint density at radius 1 is 1.12 bits per heavy atom. The fraction of sp³-hybridized carbons (Fsp3) is 0.250. The molecule has 1 N–H and O–H groups in total. The van der Waals surface area contributed by atoms with E-state index in [-0.39, 0.29) is 17.7 Å². The SMILES string of the molecule is Cn1cc(-c2ncc3c(ncn3-c3ccc(CC(=O)Nc4cc(C(C)(C)C)no4)cc3)n2)cn1. The van der Waals surface area contributed by atoms with Gasteiger partial charge >= 0.3 is 0 Å². The molecule has 0 aliphatic carbocycles. The van der Waals surface area contributed by atoms with Crippen LogP contribution >= 0.6 is 0 Å². The van der Waals surface area contributed by atoms with E-state index in [2.05, 4.69) is 30.5 Å². The highest BCUT2D eigenvalue weighted by molar-refractivity contribution is 5.91. The van der Waals surface area contributed by atoms with E-state index in [9.17, 15) is 4.79 Å². The average Bonchev–Trinajstić information content (AvgIpc) is 3.53. The number of carbonyl (C=O) groups is 1. The molecule has 1 amide bonds. The molecule has 4 heterocycles. The van der Waals surface area contributed by atoms with Gasteiger partial charge in [0.15, 0.2) is 11.5 Å². The maximum atomic E-state index is 12.4. The fourth-order valence-corrected chi connectivity index (χ4v) is 3.52. The first-order chi connectivity index (χ1) is 16.3. The molecule has 34 heavy (non-hydrogen) atoms. The number of hydrogen-bond donors (Lipinski definition) is 1. The van der Waals surface area contributed by atoms with Crippen LogP contribution in [0.4, 0.5) is 5.88 Å². The van der Waals surface area contributed by atoms with Gasteiger partial charge < -0.3 is 4.52 Å². The highest BCUT2D eigenvalue weighted by atomic mass is 16.5. The number of benzene rings is 1. The van der Waals surface area contributed by atoms with Crippen molar-refractivity contribution in [3.8, 4) is 17.1 Å². The normalized spacial score (nSPS) is 11.8. The molecule has 172 valence electrons. The summed E-state index contributed by atoms with van der Waals surface area (Å²) in [7, 11) is 1.85. The van der Waals surface area contributed by atoms with E-state index in [0.717, 1.165) is 28.0 Å². The summed E-state index contributed by atoms with van der Waals surface area (Å²) in [5.74, 6) is 0.754. The quantitative estimate of drug-likeness (QED) is 0.429. The van der Waals surface area contributed by atoms with Crippen molar-refractivity contribution in [2.75, 3.05) is 5.32 Å². The van der Waals surface area contributed by atoms with E-state index in [1.165, 1.54) is 0 Å². The van der Waals surface area contributed by atoms with Crippen molar-refractivity contribution in [2.24, 2.45) is 7.05 Å². The molecule has 1 aromatic carbocycles. The van der Waals surface area contributed by atoms with Crippen molar-refractivity contribution < 1.29 is 9.32 Å². The smallest absolute Gasteiger partial charge is 0.231 e. The number of nitrogens with one attached hydrogen (secondary N) is 1. The van der Waals surface area contributed by atoms with Crippen molar-refractivity contribution in [3.63, 3.8) is 0 Å². The Balaban J connectivity index is 1.29. The molecular formula is C24H24N8O2. The van der Waals surface area contributed by atoms with Gasteiger partial charge in [0.25, 0.3) is 0 Å². The molecule has 0 spiro atoms. The molecule has 0 aliphatic rings. The number of hydrogen-bond acceptors (Lipinski definition) is 7. The Kier molecular flexibility index (Phi) is 5.20. The van der Waals surface area contributed by atoms with E-state index in [0.29, 0.717) is 17.4 Å². The van der Waals surface area contributed by atoms with Gasteiger partial charge in [0, 0.05) is 30.4 Å². The number of imidazole rings is 1. The zero-order valence-electron chi connectivity index (χ0n) is 19.4. The molecule has 4 aromatic heterocycles. The maximum absolute atomic E-state index is 12.4. The minimum Gasteiger partial charge on any atom is -0.338 e. The van der Waals surface area contributed by atoms with Crippen LogP contribution in [0.2, 0.25) is 0 Å². The summed E-state index contributed by atoms with van der Waals surface area (Å²) in [5.41, 5.74) is 4.63. The summed E-state index contributed by atoms with van der Waals surface area (Å²) < 4.78 is 8.86. The van der Waals surface area contributed by atoms with Crippen LogP contribution in [0.25, 0.3) is 28.2 Å². The van der Waals surface area contributed by atoms with Crippen LogP contribution in [0.3, 0.4) is 0 Å². The highest BCUT2D eigenvalue weighted by Gasteiger charge is 2.19. The Hall–Kier alpha value is -4.34. The number of carbonyl (C=O) groups excluding carboxylic acids is 1. The molecule has 5 aromatic rings. The van der Waals surface area contributed by atoms with Crippen molar-refractivity contribution in [1.82, 2.24) is 34.5 Å². The Morgan fingerprint density at radius 2 is 1.91 bits per heavy atom. The number of rotatable bonds is 5. The fourth-order valence-electron chi connectivity index (χ4n) is 3.52. The first kappa shape index (κ1) is 21.5. The second-order valence-corrected chi connectivity index (χ2v) is 9.14. The molecule has 0 bridgehead atoms. The molecule has 0 atom stereocenters. The van der Waals surface area contributed by atoms with Gasteiger partial charge in [-0.1, -0.05) is 38.1 Å². The van der Waals surface area contributed by atoms with Crippen molar-refractivity contribution in [3.05, 3.63) is 66.5 Å². The zero-order valence-corrected chi connectivity index (χ0v) is 19.4. The van der Waals surface area contributed by atoms with E-state index < -0.39 is 0 Å². The number of anilines is 1. The number of amides is 1. The molecular weight excluding hydrogens is 432 g/mol. The zero-order chi connectivity index (χ0) is 23.9. The molecule has 10 heteroatoms. The molecule has 0 aliphatic heterocycles. The van der Waals surface area contributed by atoms with Crippen LogP contribution in [-0.2, 0) is 23.7 Å². The average molecular weight is 457 g/mol. The third-order valence-corrected chi connectivity index (χ3v) is 5.39.